The molecule has 2 aliphatic heterocycles. The lowest BCUT2D eigenvalue weighted by Crippen LogP contribution is -2.44. The molecule has 268 valence electrons. The largest absolute Gasteiger partial charge is 0.493 e. The summed E-state index contributed by atoms with van der Waals surface area (Å²) in [7, 11) is -4.70. The van der Waals surface area contributed by atoms with Crippen LogP contribution < -0.4 is 15.4 Å². The first-order valence-electron chi connectivity index (χ1n) is 16.6. The van der Waals surface area contributed by atoms with Gasteiger partial charge in [0.25, 0.3) is 16.0 Å². The van der Waals surface area contributed by atoms with E-state index in [0.29, 0.717) is 29.7 Å². The number of aromatic nitrogens is 2. The number of carbonyl (C=O) groups excluding carboxylic acids is 1. The van der Waals surface area contributed by atoms with Crippen LogP contribution in [0, 0.1) is 24.6 Å². The van der Waals surface area contributed by atoms with E-state index < -0.39 is 51.7 Å². The average molecular weight is 708 g/mol. The number of rotatable bonds is 12. The molecule has 2 saturated heterocycles. The molecule has 0 radical (unpaired) electrons. The molecule has 3 heterocycles. The fourth-order valence-electron chi connectivity index (χ4n) is 6.49. The van der Waals surface area contributed by atoms with Gasteiger partial charge < -0.3 is 24.8 Å². The minimum Gasteiger partial charge on any atom is -0.493 e. The van der Waals surface area contributed by atoms with Gasteiger partial charge in [0.05, 0.1) is 19.2 Å². The van der Waals surface area contributed by atoms with Crippen LogP contribution in [0.4, 0.5) is 19.2 Å². The number of hydrogen-bond donors (Lipinski definition) is 2. The number of nitrogens with zero attached hydrogens (tertiary/aromatic N) is 4. The van der Waals surface area contributed by atoms with Gasteiger partial charge in [-0.05, 0) is 68.2 Å². The van der Waals surface area contributed by atoms with Crippen LogP contribution in [0.15, 0.2) is 39.8 Å². The minimum absolute atomic E-state index is 0.0289. The maximum Gasteiger partial charge on any atom is 0.324 e. The highest BCUT2D eigenvalue weighted by Crippen LogP contribution is 2.38. The van der Waals surface area contributed by atoms with E-state index in [-0.39, 0.29) is 53.8 Å². The summed E-state index contributed by atoms with van der Waals surface area (Å²) in [5.74, 6) is -2.96. The van der Waals surface area contributed by atoms with Gasteiger partial charge in [0.1, 0.15) is 16.5 Å². The molecule has 2 atom stereocenters. The number of nitrogens with two attached hydrogens (primary N) is 1. The lowest BCUT2D eigenvalue weighted by Gasteiger charge is -2.33. The Hall–Kier alpha value is -3.69. The first-order valence-corrected chi connectivity index (χ1v) is 18.0. The molecule has 0 saturated carbocycles. The van der Waals surface area contributed by atoms with Crippen molar-refractivity contribution in [2.75, 3.05) is 37.7 Å². The van der Waals surface area contributed by atoms with Crippen LogP contribution in [0.1, 0.15) is 69.3 Å². The standard InChI is InChI=1S/C34H44F3N5O6S/c1-20(2)31-39-33(48-40-31)41-11-7-23(8-12-41)22(4)9-14-47-29-18-27(35)24(17-28(38)32(43)42-13-10-34(36,37)19-42)16-25(29)26-15-21(3)5-6-30(26)49(44,45)46/h5-6,15-16,18,20,22-23,28H,7-14,17,19,38H2,1-4H3,(H,44,45,46)/t22-,28?/m1/s1. The van der Waals surface area contributed by atoms with E-state index in [2.05, 4.69) is 22.0 Å². The molecule has 0 bridgehead atoms. The normalized spacial score (nSPS) is 18.2. The van der Waals surface area contributed by atoms with E-state index in [1.54, 1.807) is 6.92 Å². The second-order valence-electron chi connectivity index (χ2n) is 13.6. The number of alkyl halides is 2. The molecular weight excluding hydrogens is 663 g/mol. The van der Waals surface area contributed by atoms with E-state index in [1.807, 2.05) is 13.8 Å². The molecule has 2 aliphatic rings. The zero-order chi connectivity index (χ0) is 35.7. The van der Waals surface area contributed by atoms with Crippen molar-refractivity contribution < 1.29 is 40.2 Å². The Kier molecular flexibility index (Phi) is 10.9. The van der Waals surface area contributed by atoms with Gasteiger partial charge >= 0.3 is 6.01 Å². The highest BCUT2D eigenvalue weighted by Gasteiger charge is 2.41. The highest BCUT2D eigenvalue weighted by atomic mass is 32.2. The van der Waals surface area contributed by atoms with Crippen LogP contribution in [0.5, 0.6) is 5.75 Å². The third-order valence-electron chi connectivity index (χ3n) is 9.48. The topological polar surface area (TPSA) is 152 Å². The summed E-state index contributed by atoms with van der Waals surface area (Å²) in [4.78, 5) is 20.0. The lowest BCUT2D eigenvalue weighted by atomic mass is 9.84. The Bertz CT molecular complexity index is 1760. The number of halogens is 3. The van der Waals surface area contributed by atoms with Gasteiger partial charge in [-0.3, -0.25) is 9.35 Å². The molecule has 2 fully saturated rings. The van der Waals surface area contributed by atoms with Crippen molar-refractivity contribution in [1.82, 2.24) is 15.0 Å². The monoisotopic (exact) mass is 707 g/mol. The number of benzene rings is 2. The number of carbonyl (C=O) groups is 1. The number of aryl methyl sites for hydroxylation is 1. The van der Waals surface area contributed by atoms with E-state index >= 15 is 4.39 Å². The smallest absolute Gasteiger partial charge is 0.324 e. The predicted molar refractivity (Wildman–Crippen MR) is 177 cm³/mol. The number of ether oxygens (including phenoxy) is 1. The summed E-state index contributed by atoms with van der Waals surface area (Å²) >= 11 is 0. The number of hydrogen-bond acceptors (Lipinski definition) is 9. The molecule has 49 heavy (non-hydrogen) atoms. The highest BCUT2D eigenvalue weighted by molar-refractivity contribution is 7.86. The number of anilines is 1. The van der Waals surface area contributed by atoms with Gasteiger partial charge in [0.2, 0.25) is 5.91 Å². The summed E-state index contributed by atoms with van der Waals surface area (Å²) in [5, 5.41) is 4.05. The Morgan fingerprint density at radius 3 is 2.47 bits per heavy atom. The zero-order valence-corrected chi connectivity index (χ0v) is 29.0. The fraction of sp³-hybridized carbons (Fsp3) is 0.559. The van der Waals surface area contributed by atoms with Gasteiger partial charge in [0.15, 0.2) is 5.82 Å². The Labute approximate surface area is 284 Å². The first kappa shape index (κ1) is 36.6. The number of likely N-dealkylation sites (tertiary alicyclic amines) is 1. The van der Waals surface area contributed by atoms with Crippen LogP contribution in [-0.4, -0.2) is 78.7 Å². The average Bonchev–Trinajstić information content (AvgIpc) is 3.68. The number of piperidine rings is 1. The van der Waals surface area contributed by atoms with Gasteiger partial charge in [-0.25, -0.2) is 13.2 Å². The molecule has 3 N–H and O–H groups in total. The molecule has 1 unspecified atom stereocenters. The van der Waals surface area contributed by atoms with Crippen LogP contribution in [0.2, 0.25) is 0 Å². The van der Waals surface area contributed by atoms with E-state index in [4.69, 9.17) is 15.0 Å². The van der Waals surface area contributed by atoms with Crippen molar-refractivity contribution in [3.63, 3.8) is 0 Å². The molecule has 11 nitrogen and oxygen atoms in total. The molecule has 1 aromatic heterocycles. The van der Waals surface area contributed by atoms with Crippen molar-refractivity contribution in [1.29, 1.82) is 0 Å². The molecule has 5 rings (SSSR count). The Balaban J connectivity index is 1.32. The third kappa shape index (κ3) is 8.73. The van der Waals surface area contributed by atoms with Crippen LogP contribution in [-0.2, 0) is 21.3 Å². The van der Waals surface area contributed by atoms with Crippen molar-refractivity contribution >= 4 is 22.0 Å². The fourth-order valence-corrected chi connectivity index (χ4v) is 7.17. The Morgan fingerprint density at radius 1 is 1.14 bits per heavy atom. The van der Waals surface area contributed by atoms with Crippen molar-refractivity contribution in [3.05, 3.63) is 53.1 Å². The van der Waals surface area contributed by atoms with Crippen molar-refractivity contribution in [2.24, 2.45) is 17.6 Å². The van der Waals surface area contributed by atoms with Crippen LogP contribution in [0.25, 0.3) is 11.1 Å². The third-order valence-corrected chi connectivity index (χ3v) is 10.4. The van der Waals surface area contributed by atoms with E-state index in [1.165, 1.54) is 24.3 Å². The SMILES string of the molecule is Cc1ccc(S(=O)(=O)O)c(-c2cc(CC(N)C(=O)N3CCC(F)(F)C3)c(F)cc2OCC[C@@H](C)C2CCN(c3nc(C(C)C)no3)CC2)c1. The van der Waals surface area contributed by atoms with Crippen molar-refractivity contribution in [3.8, 4) is 16.9 Å². The molecular formula is C34H44F3N5O6S. The number of amides is 1. The van der Waals surface area contributed by atoms with E-state index in [9.17, 15) is 26.5 Å². The summed E-state index contributed by atoms with van der Waals surface area (Å²) in [6.07, 6.45) is 1.64. The van der Waals surface area contributed by atoms with E-state index in [0.717, 1.165) is 36.9 Å². The second-order valence-corrected chi connectivity index (χ2v) is 15.0. The van der Waals surface area contributed by atoms with Gasteiger partial charge in [-0.15, -0.1) is 0 Å². The summed E-state index contributed by atoms with van der Waals surface area (Å²) in [6.45, 7) is 8.70. The minimum atomic E-state index is -4.70. The van der Waals surface area contributed by atoms with Crippen molar-refractivity contribution in [2.45, 2.75) is 82.6 Å². The summed E-state index contributed by atoms with van der Waals surface area (Å²) in [6, 6.07) is 5.98. The predicted octanol–water partition coefficient (Wildman–Crippen LogP) is 5.61. The maximum atomic E-state index is 15.6. The molecule has 0 spiro atoms. The van der Waals surface area contributed by atoms with Gasteiger partial charge in [-0.1, -0.05) is 37.6 Å². The molecule has 1 amide bonds. The van der Waals surface area contributed by atoms with Crippen LogP contribution >= 0.6 is 0 Å². The molecule has 15 heteroatoms. The molecule has 2 aromatic carbocycles. The van der Waals surface area contributed by atoms with Gasteiger partial charge in [0, 0.05) is 49.2 Å². The molecule has 0 aliphatic carbocycles. The lowest BCUT2D eigenvalue weighted by molar-refractivity contribution is -0.133. The zero-order valence-electron chi connectivity index (χ0n) is 28.2. The quantitative estimate of drug-likeness (QED) is 0.227. The Morgan fingerprint density at radius 2 is 1.86 bits per heavy atom. The maximum absolute atomic E-state index is 15.6. The molecule has 3 aromatic rings. The van der Waals surface area contributed by atoms with Crippen LogP contribution in [0.3, 0.4) is 0 Å². The summed E-state index contributed by atoms with van der Waals surface area (Å²) in [5.41, 5.74) is 7.00. The summed E-state index contributed by atoms with van der Waals surface area (Å²) < 4.78 is 89.5. The first-order chi connectivity index (χ1) is 23.0. The second kappa shape index (κ2) is 14.7. The van der Waals surface area contributed by atoms with Gasteiger partial charge in [-0.2, -0.15) is 13.4 Å².